The molecule has 1 aliphatic rings. The Morgan fingerprint density at radius 1 is 1.12 bits per heavy atom. The number of anilines is 1. The van der Waals surface area contributed by atoms with Crippen molar-refractivity contribution in [3.63, 3.8) is 0 Å². The minimum Gasteiger partial charge on any atom is -0.496 e. The summed E-state index contributed by atoms with van der Waals surface area (Å²) in [6.07, 6.45) is 0.450. The van der Waals surface area contributed by atoms with Crippen LogP contribution in [0.15, 0.2) is 48.5 Å². The van der Waals surface area contributed by atoms with Crippen molar-refractivity contribution in [3.05, 3.63) is 59.7 Å². The van der Waals surface area contributed by atoms with E-state index in [0.717, 1.165) is 43.1 Å². The van der Waals surface area contributed by atoms with Gasteiger partial charge in [-0.25, -0.2) is 0 Å². The average molecular weight is 354 g/mol. The molecule has 138 valence electrons. The Morgan fingerprint density at radius 3 is 2.42 bits per heavy atom. The highest BCUT2D eigenvalue weighted by molar-refractivity contribution is 5.74. The molecule has 0 aliphatic carbocycles. The third-order valence-electron chi connectivity index (χ3n) is 5.01. The quantitative estimate of drug-likeness (QED) is 0.864. The van der Waals surface area contributed by atoms with Gasteiger partial charge in [-0.15, -0.1) is 0 Å². The van der Waals surface area contributed by atoms with Crippen LogP contribution in [0.2, 0.25) is 0 Å². The van der Waals surface area contributed by atoms with Crippen LogP contribution in [-0.2, 0) is 11.2 Å². The van der Waals surface area contributed by atoms with Gasteiger partial charge in [0.1, 0.15) is 11.8 Å². The van der Waals surface area contributed by atoms with Crippen LogP contribution in [0.5, 0.6) is 5.75 Å². The summed E-state index contributed by atoms with van der Waals surface area (Å²) in [5.41, 5.74) is 3.25. The van der Waals surface area contributed by atoms with Crippen LogP contribution in [0.3, 0.4) is 0 Å². The number of hydrogen-bond acceptors (Lipinski definition) is 4. The highest BCUT2D eigenvalue weighted by Crippen LogP contribution is 2.24. The summed E-state index contributed by atoms with van der Waals surface area (Å²) in [6, 6.07) is 15.7. The second-order valence-corrected chi connectivity index (χ2v) is 6.73. The van der Waals surface area contributed by atoms with Gasteiger partial charge in [-0.2, -0.15) is 0 Å². The number of rotatable bonds is 6. The molecule has 1 heterocycles. The van der Waals surface area contributed by atoms with Crippen LogP contribution in [0.4, 0.5) is 5.69 Å². The van der Waals surface area contributed by atoms with Crippen LogP contribution < -0.4 is 9.64 Å². The van der Waals surface area contributed by atoms with E-state index >= 15 is 0 Å². The third kappa shape index (κ3) is 4.17. The average Bonchev–Trinajstić information content (AvgIpc) is 2.67. The van der Waals surface area contributed by atoms with Crippen LogP contribution in [0, 0.1) is 6.92 Å². The lowest BCUT2D eigenvalue weighted by molar-refractivity contribution is -0.143. The molecule has 1 N–H and O–H groups in total. The Kier molecular flexibility index (Phi) is 5.78. The molecule has 0 saturated carbocycles. The first kappa shape index (κ1) is 18.3. The largest absolute Gasteiger partial charge is 0.496 e. The Morgan fingerprint density at radius 2 is 1.81 bits per heavy atom. The highest BCUT2D eigenvalue weighted by Gasteiger charge is 2.30. The van der Waals surface area contributed by atoms with E-state index in [1.54, 1.807) is 7.11 Å². The molecule has 5 heteroatoms. The van der Waals surface area contributed by atoms with Crippen LogP contribution in [0.1, 0.15) is 11.1 Å². The molecule has 5 nitrogen and oxygen atoms in total. The van der Waals surface area contributed by atoms with E-state index in [4.69, 9.17) is 4.74 Å². The monoisotopic (exact) mass is 354 g/mol. The van der Waals surface area contributed by atoms with Crippen molar-refractivity contribution in [1.82, 2.24) is 4.90 Å². The van der Waals surface area contributed by atoms with Crippen molar-refractivity contribution in [1.29, 1.82) is 0 Å². The molecule has 1 atom stereocenters. The van der Waals surface area contributed by atoms with E-state index in [1.165, 1.54) is 5.69 Å². The Labute approximate surface area is 154 Å². The van der Waals surface area contributed by atoms with Crippen LogP contribution in [0.25, 0.3) is 0 Å². The Bertz CT molecular complexity index is 740. The maximum Gasteiger partial charge on any atom is 0.321 e. The molecule has 26 heavy (non-hydrogen) atoms. The first-order valence-electron chi connectivity index (χ1n) is 8.99. The van der Waals surface area contributed by atoms with Crippen molar-refractivity contribution in [2.45, 2.75) is 19.4 Å². The van der Waals surface area contributed by atoms with Gasteiger partial charge < -0.3 is 14.7 Å². The molecule has 0 spiro atoms. The maximum absolute atomic E-state index is 11.9. The summed E-state index contributed by atoms with van der Waals surface area (Å²) in [5, 5.41) is 9.81. The molecule has 0 unspecified atom stereocenters. The molecule has 3 rings (SSSR count). The minimum absolute atomic E-state index is 0.450. The van der Waals surface area contributed by atoms with Crippen molar-refractivity contribution < 1.29 is 14.6 Å². The topological polar surface area (TPSA) is 53.0 Å². The minimum atomic E-state index is -0.776. The number of benzene rings is 2. The molecule has 1 saturated heterocycles. The first-order valence-corrected chi connectivity index (χ1v) is 8.99. The van der Waals surface area contributed by atoms with Crippen molar-refractivity contribution in [3.8, 4) is 5.75 Å². The van der Waals surface area contributed by atoms with Gasteiger partial charge in [-0.3, -0.25) is 9.69 Å². The molecule has 0 bridgehead atoms. The molecule has 0 radical (unpaired) electrons. The SMILES string of the molecule is COc1ccc(C)cc1C[C@@H](C(=O)O)N1CCN(c2ccccc2)CC1. The zero-order valence-corrected chi connectivity index (χ0v) is 15.4. The summed E-state index contributed by atoms with van der Waals surface area (Å²) in [4.78, 5) is 16.3. The molecule has 0 aromatic heterocycles. The number of ether oxygens (including phenoxy) is 1. The van der Waals surface area contributed by atoms with E-state index in [-0.39, 0.29) is 0 Å². The number of carbonyl (C=O) groups is 1. The predicted molar refractivity (Wildman–Crippen MR) is 103 cm³/mol. The second kappa shape index (κ2) is 8.23. The summed E-state index contributed by atoms with van der Waals surface area (Å²) in [5.74, 6) is -0.0218. The summed E-state index contributed by atoms with van der Waals surface area (Å²) in [7, 11) is 1.63. The molecular weight excluding hydrogens is 328 g/mol. The van der Waals surface area contributed by atoms with Crippen molar-refractivity contribution in [2.24, 2.45) is 0 Å². The van der Waals surface area contributed by atoms with Gasteiger partial charge >= 0.3 is 5.97 Å². The zero-order chi connectivity index (χ0) is 18.5. The predicted octanol–water partition coefficient (Wildman–Crippen LogP) is 2.82. The lowest BCUT2D eigenvalue weighted by atomic mass is 10.0. The standard InChI is InChI=1S/C21H26N2O3/c1-16-8-9-20(26-2)17(14-16)15-19(21(24)25)23-12-10-22(11-13-23)18-6-4-3-5-7-18/h3-9,14,19H,10-13,15H2,1-2H3,(H,24,25)/t19-/m0/s1. The van der Waals surface area contributed by atoms with Gasteiger partial charge in [0.25, 0.3) is 0 Å². The van der Waals surface area contributed by atoms with Gasteiger partial charge in [-0.05, 0) is 30.7 Å². The smallest absolute Gasteiger partial charge is 0.321 e. The van der Waals surface area contributed by atoms with E-state index in [1.807, 2.05) is 43.3 Å². The Hall–Kier alpha value is -2.53. The number of nitrogens with zero attached hydrogens (tertiary/aromatic N) is 2. The molecule has 2 aromatic carbocycles. The van der Waals surface area contributed by atoms with Gasteiger partial charge in [0.15, 0.2) is 0 Å². The number of carboxylic acids is 1. The summed E-state index contributed by atoms with van der Waals surface area (Å²) in [6.45, 7) is 5.15. The molecule has 2 aromatic rings. The van der Waals surface area contributed by atoms with Gasteiger partial charge in [-0.1, -0.05) is 35.9 Å². The number of hydrogen-bond donors (Lipinski definition) is 1. The zero-order valence-electron chi connectivity index (χ0n) is 15.4. The number of methoxy groups -OCH3 is 1. The van der Waals surface area contributed by atoms with E-state index in [0.29, 0.717) is 6.42 Å². The van der Waals surface area contributed by atoms with E-state index in [2.05, 4.69) is 21.9 Å². The maximum atomic E-state index is 11.9. The Balaban J connectivity index is 1.70. The van der Waals surface area contributed by atoms with Crippen LogP contribution in [-0.4, -0.2) is 55.3 Å². The lowest BCUT2D eigenvalue weighted by Crippen LogP contribution is -2.53. The van der Waals surface area contributed by atoms with Gasteiger partial charge in [0, 0.05) is 38.3 Å². The number of aliphatic carboxylic acids is 1. The highest BCUT2D eigenvalue weighted by atomic mass is 16.5. The van der Waals surface area contributed by atoms with E-state index < -0.39 is 12.0 Å². The normalized spacial score (nSPS) is 16.3. The fraction of sp³-hybridized carbons (Fsp3) is 0.381. The van der Waals surface area contributed by atoms with Gasteiger partial charge in [0.2, 0.25) is 0 Å². The number of para-hydroxylation sites is 1. The fourth-order valence-electron chi connectivity index (χ4n) is 3.58. The van der Waals surface area contributed by atoms with Gasteiger partial charge in [0.05, 0.1) is 7.11 Å². The van der Waals surface area contributed by atoms with E-state index in [9.17, 15) is 9.90 Å². The number of piperazine rings is 1. The number of carboxylic acid groups (broad SMARTS) is 1. The summed E-state index contributed by atoms with van der Waals surface area (Å²) < 4.78 is 5.42. The molecule has 0 amide bonds. The third-order valence-corrected chi connectivity index (χ3v) is 5.01. The first-order chi connectivity index (χ1) is 12.6. The number of aryl methyl sites for hydroxylation is 1. The lowest BCUT2D eigenvalue weighted by Gasteiger charge is -2.39. The van der Waals surface area contributed by atoms with Crippen molar-refractivity contribution in [2.75, 3.05) is 38.2 Å². The fourth-order valence-corrected chi connectivity index (χ4v) is 3.58. The molecule has 1 fully saturated rings. The molecule has 1 aliphatic heterocycles. The second-order valence-electron chi connectivity index (χ2n) is 6.73. The summed E-state index contributed by atoms with van der Waals surface area (Å²) >= 11 is 0. The molecular formula is C21H26N2O3. The van der Waals surface area contributed by atoms with Crippen LogP contribution >= 0.6 is 0 Å². The van der Waals surface area contributed by atoms with Crippen molar-refractivity contribution >= 4 is 11.7 Å².